The van der Waals surface area contributed by atoms with Crippen molar-refractivity contribution >= 4 is 27.6 Å². The Morgan fingerprint density at radius 3 is 2.46 bits per heavy atom. The molecule has 0 radical (unpaired) electrons. The van der Waals surface area contributed by atoms with Crippen LogP contribution in [0.5, 0.6) is 17.4 Å². The Kier molecular flexibility index (Phi) is 6.82. The minimum atomic E-state index is -3.76. The summed E-state index contributed by atoms with van der Waals surface area (Å²) in [6.07, 6.45) is 3.84. The Labute approximate surface area is 210 Å². The third-order valence-corrected chi connectivity index (χ3v) is 8.40. The molecule has 0 unspecified atom stereocenters. The van der Waals surface area contributed by atoms with Crippen LogP contribution in [-0.4, -0.2) is 49.4 Å². The lowest BCUT2D eigenvalue weighted by atomic mass is 10.1. The molecule has 5 rings (SSSR count). The molecule has 35 heavy (non-hydrogen) atoms. The Bertz CT molecular complexity index is 1330. The highest BCUT2D eigenvalue weighted by atomic mass is 35.5. The summed E-state index contributed by atoms with van der Waals surface area (Å²) in [5.41, 5.74) is 1.47. The van der Waals surface area contributed by atoms with E-state index in [1.54, 1.807) is 31.4 Å². The van der Waals surface area contributed by atoms with Gasteiger partial charge in [-0.1, -0.05) is 29.8 Å². The van der Waals surface area contributed by atoms with Gasteiger partial charge in [0.1, 0.15) is 0 Å². The number of rotatable bonds is 6. The molecule has 8 nitrogen and oxygen atoms in total. The van der Waals surface area contributed by atoms with Crippen LogP contribution in [0.25, 0.3) is 0 Å². The van der Waals surface area contributed by atoms with Crippen LogP contribution in [0.1, 0.15) is 30.5 Å². The molecule has 10 heteroatoms. The molecule has 0 N–H and O–H groups in total. The monoisotopic (exact) mass is 514 g/mol. The molecule has 1 fully saturated rings. The van der Waals surface area contributed by atoms with E-state index in [1.807, 2.05) is 18.2 Å². The predicted octanol–water partition coefficient (Wildman–Crippen LogP) is 4.67. The van der Waals surface area contributed by atoms with Gasteiger partial charge in [0.2, 0.25) is 21.9 Å². The van der Waals surface area contributed by atoms with Crippen molar-refractivity contribution in [2.75, 3.05) is 31.6 Å². The fourth-order valence-electron chi connectivity index (χ4n) is 4.46. The lowest BCUT2D eigenvalue weighted by molar-refractivity contribution is 0.353. The van der Waals surface area contributed by atoms with Gasteiger partial charge in [0.05, 0.1) is 23.3 Å². The Morgan fingerprint density at radius 1 is 0.943 bits per heavy atom. The molecular weight excluding hydrogens is 488 g/mol. The maximum atomic E-state index is 13.4. The van der Waals surface area contributed by atoms with Crippen LogP contribution in [0.3, 0.4) is 0 Å². The molecule has 2 aliphatic rings. The summed E-state index contributed by atoms with van der Waals surface area (Å²) in [5.74, 6) is 2.06. The summed E-state index contributed by atoms with van der Waals surface area (Å²) in [4.78, 5) is 12.0. The Balaban J connectivity index is 1.54. The lowest BCUT2D eigenvalue weighted by Gasteiger charge is -2.31. The highest BCUT2D eigenvalue weighted by Gasteiger charge is 2.33. The van der Waals surface area contributed by atoms with Crippen molar-refractivity contribution in [2.24, 2.45) is 0 Å². The van der Waals surface area contributed by atoms with E-state index in [0.29, 0.717) is 46.9 Å². The molecule has 0 bridgehead atoms. The molecule has 0 atom stereocenters. The van der Waals surface area contributed by atoms with Crippen LogP contribution < -0.4 is 14.4 Å². The molecule has 0 amide bonds. The number of nitrogens with zero attached hydrogens (tertiary/aromatic N) is 4. The minimum Gasteiger partial charge on any atom is -0.493 e. The molecule has 0 saturated carbocycles. The molecular formula is C25H27ClN4O4S. The molecule has 1 aromatic heterocycles. The topological polar surface area (TPSA) is 84.9 Å². The number of anilines is 1. The zero-order chi connectivity index (χ0) is 24.4. The minimum absolute atomic E-state index is 0.106. The number of hydrogen-bond donors (Lipinski definition) is 0. The average Bonchev–Trinajstić information content (AvgIpc) is 2.89. The second kappa shape index (κ2) is 10.0. The Morgan fingerprint density at radius 2 is 1.71 bits per heavy atom. The summed E-state index contributed by atoms with van der Waals surface area (Å²) in [5, 5.41) is 0.373. The largest absolute Gasteiger partial charge is 0.493 e. The summed E-state index contributed by atoms with van der Waals surface area (Å²) in [7, 11) is -2.18. The van der Waals surface area contributed by atoms with E-state index >= 15 is 0 Å². The van der Waals surface area contributed by atoms with E-state index in [-0.39, 0.29) is 11.4 Å². The number of benzene rings is 2. The molecule has 2 aliphatic heterocycles. The zero-order valence-electron chi connectivity index (χ0n) is 19.5. The van der Waals surface area contributed by atoms with Gasteiger partial charge in [-0.05, 0) is 49.6 Å². The molecule has 184 valence electrons. The average molecular weight is 515 g/mol. The van der Waals surface area contributed by atoms with Gasteiger partial charge in [0.15, 0.2) is 11.5 Å². The molecule has 1 saturated heterocycles. The van der Waals surface area contributed by atoms with E-state index in [1.165, 1.54) is 16.8 Å². The van der Waals surface area contributed by atoms with Gasteiger partial charge in [-0.2, -0.15) is 9.29 Å². The standard InChI is InChI=1S/C25H27ClN4O4S/c1-33-22-10-3-4-11-23(22)34-24-20-17-30(35(31,32)19-9-7-8-18(26)16-19)15-12-21(20)27-25(28-24)29-13-5-2-6-14-29/h3-4,7-11,16H,2,5-6,12-15,17H2,1H3. The molecule has 0 aliphatic carbocycles. The maximum absolute atomic E-state index is 13.4. The van der Waals surface area contributed by atoms with Crippen LogP contribution in [0.4, 0.5) is 5.95 Å². The van der Waals surface area contributed by atoms with Crippen molar-refractivity contribution in [2.45, 2.75) is 37.1 Å². The van der Waals surface area contributed by atoms with E-state index < -0.39 is 10.0 Å². The van der Waals surface area contributed by atoms with E-state index in [0.717, 1.165) is 31.6 Å². The fraction of sp³-hybridized carbons (Fsp3) is 0.360. The molecule has 3 heterocycles. The van der Waals surface area contributed by atoms with Crippen molar-refractivity contribution in [3.8, 4) is 17.4 Å². The highest BCUT2D eigenvalue weighted by molar-refractivity contribution is 7.89. The first-order valence-electron chi connectivity index (χ1n) is 11.7. The number of piperidine rings is 1. The van der Waals surface area contributed by atoms with Gasteiger partial charge < -0.3 is 14.4 Å². The zero-order valence-corrected chi connectivity index (χ0v) is 21.1. The predicted molar refractivity (Wildman–Crippen MR) is 134 cm³/mol. The summed E-state index contributed by atoms with van der Waals surface area (Å²) >= 11 is 6.07. The van der Waals surface area contributed by atoms with Gasteiger partial charge in [0.25, 0.3) is 0 Å². The van der Waals surface area contributed by atoms with Gasteiger partial charge in [0, 0.05) is 37.6 Å². The first kappa shape index (κ1) is 23.8. The van der Waals surface area contributed by atoms with Crippen molar-refractivity contribution in [3.63, 3.8) is 0 Å². The summed E-state index contributed by atoms with van der Waals surface area (Å²) in [6.45, 7) is 2.20. The summed E-state index contributed by atoms with van der Waals surface area (Å²) < 4.78 is 39.9. The van der Waals surface area contributed by atoms with Crippen molar-refractivity contribution in [3.05, 3.63) is 64.8 Å². The number of sulfonamides is 1. The second-order valence-corrected chi connectivity index (χ2v) is 11.0. The first-order chi connectivity index (χ1) is 17.0. The van der Waals surface area contributed by atoms with Gasteiger partial charge in [-0.3, -0.25) is 0 Å². The van der Waals surface area contributed by atoms with Crippen molar-refractivity contribution < 1.29 is 17.9 Å². The molecule has 0 spiro atoms. The van der Waals surface area contributed by atoms with Gasteiger partial charge in [-0.25, -0.2) is 13.4 Å². The lowest BCUT2D eigenvalue weighted by Crippen LogP contribution is -2.37. The first-order valence-corrected chi connectivity index (χ1v) is 13.5. The van der Waals surface area contributed by atoms with Crippen molar-refractivity contribution in [1.29, 1.82) is 0 Å². The quantitative estimate of drug-likeness (QED) is 0.472. The van der Waals surface area contributed by atoms with E-state index in [2.05, 4.69) is 4.90 Å². The molecule has 2 aromatic carbocycles. The van der Waals surface area contributed by atoms with Gasteiger partial charge in [-0.15, -0.1) is 0 Å². The van der Waals surface area contributed by atoms with Crippen LogP contribution in [0.15, 0.2) is 53.4 Å². The number of para-hydroxylation sites is 2. The smallest absolute Gasteiger partial charge is 0.243 e. The summed E-state index contributed by atoms with van der Waals surface area (Å²) in [6, 6.07) is 13.6. The number of halogens is 1. The normalized spacial score (nSPS) is 16.6. The van der Waals surface area contributed by atoms with Crippen LogP contribution >= 0.6 is 11.6 Å². The number of ether oxygens (including phenoxy) is 2. The maximum Gasteiger partial charge on any atom is 0.243 e. The number of aromatic nitrogens is 2. The third kappa shape index (κ3) is 4.94. The fourth-order valence-corrected chi connectivity index (χ4v) is 6.17. The van der Waals surface area contributed by atoms with Crippen LogP contribution in [-0.2, 0) is 23.0 Å². The van der Waals surface area contributed by atoms with Crippen LogP contribution in [0, 0.1) is 0 Å². The SMILES string of the molecule is COc1ccccc1Oc1nc(N2CCCCC2)nc2c1CN(S(=O)(=O)c1cccc(Cl)c1)CC2. The highest BCUT2D eigenvalue weighted by Crippen LogP contribution is 2.37. The van der Waals surface area contributed by atoms with Crippen LogP contribution in [0.2, 0.25) is 5.02 Å². The number of fused-ring (bicyclic) bond motifs is 1. The number of hydrogen-bond acceptors (Lipinski definition) is 7. The Hall–Kier alpha value is -2.88. The number of methoxy groups -OCH3 is 1. The second-order valence-electron chi connectivity index (χ2n) is 8.60. The third-order valence-electron chi connectivity index (χ3n) is 6.32. The van der Waals surface area contributed by atoms with E-state index in [4.69, 9.17) is 31.0 Å². The van der Waals surface area contributed by atoms with E-state index in [9.17, 15) is 8.42 Å². The molecule has 3 aromatic rings. The van der Waals surface area contributed by atoms with Gasteiger partial charge >= 0.3 is 0 Å². The van der Waals surface area contributed by atoms with Crippen molar-refractivity contribution in [1.82, 2.24) is 14.3 Å².